The molecule has 2 aromatic heterocycles. The van der Waals surface area contributed by atoms with Crippen LogP contribution in [0.15, 0.2) is 73.6 Å². The van der Waals surface area contributed by atoms with Crippen molar-refractivity contribution in [3.05, 3.63) is 90.5 Å². The molecule has 17 nitrogen and oxygen atoms in total. The lowest BCUT2D eigenvalue weighted by Crippen LogP contribution is -2.57. The van der Waals surface area contributed by atoms with Crippen molar-refractivity contribution < 1.29 is 52.8 Å². The first-order valence-corrected chi connectivity index (χ1v) is 20.7. The summed E-state index contributed by atoms with van der Waals surface area (Å²) < 4.78 is 33.1. The van der Waals surface area contributed by atoms with Crippen molar-refractivity contribution in [1.29, 1.82) is 0 Å². The molecule has 2 saturated heterocycles. The predicted octanol–water partition coefficient (Wildman–Crippen LogP) is 6.79. The number of aromatic carboxylic acids is 1. The Balaban J connectivity index is 0.998. The van der Waals surface area contributed by atoms with Crippen molar-refractivity contribution in [2.75, 3.05) is 49.0 Å². The first-order chi connectivity index (χ1) is 29.9. The summed E-state index contributed by atoms with van der Waals surface area (Å²) in [5.41, 5.74) is 3.46. The second-order valence-electron chi connectivity index (χ2n) is 15.4. The highest BCUT2D eigenvalue weighted by Crippen LogP contribution is 2.42. The molecule has 62 heavy (non-hydrogen) atoms. The van der Waals surface area contributed by atoms with E-state index in [1.807, 2.05) is 0 Å². The first kappa shape index (κ1) is 43.5. The molecule has 0 bridgehead atoms. The van der Waals surface area contributed by atoms with Gasteiger partial charge in [0.1, 0.15) is 18.0 Å². The number of piperidine rings is 1. The Morgan fingerprint density at radius 2 is 1.68 bits per heavy atom. The molecule has 5 heterocycles. The van der Waals surface area contributed by atoms with E-state index in [0.29, 0.717) is 49.5 Å². The van der Waals surface area contributed by atoms with Crippen LogP contribution in [0.25, 0.3) is 11.1 Å². The van der Waals surface area contributed by atoms with E-state index in [0.717, 1.165) is 36.8 Å². The Bertz CT molecular complexity index is 2310. The topological polar surface area (TPSA) is 192 Å². The fourth-order valence-electron chi connectivity index (χ4n) is 8.06. The Kier molecular flexibility index (Phi) is 13.6. The van der Waals surface area contributed by atoms with Crippen LogP contribution in [0.1, 0.15) is 82.7 Å². The van der Waals surface area contributed by atoms with Crippen molar-refractivity contribution in [2.24, 2.45) is 14.1 Å². The number of fused-ring (bicyclic) bond motifs is 2. The second-order valence-corrected chi connectivity index (χ2v) is 15.4. The zero-order valence-electron chi connectivity index (χ0n) is 35.1. The van der Waals surface area contributed by atoms with Gasteiger partial charge in [-0.25, -0.2) is 14.5 Å². The number of amides is 4. The van der Waals surface area contributed by atoms with Gasteiger partial charge >= 0.3 is 12.1 Å². The lowest BCUT2D eigenvalue weighted by molar-refractivity contribution is -0.198. The Morgan fingerprint density at radius 1 is 0.903 bits per heavy atom. The summed E-state index contributed by atoms with van der Waals surface area (Å²) >= 11 is 0. The number of hydrogen-bond donors (Lipinski definition) is 3. The maximum absolute atomic E-state index is 14.2. The van der Waals surface area contributed by atoms with E-state index >= 15 is 0 Å². The third-order valence-electron chi connectivity index (χ3n) is 11.1. The number of aromatic nitrogens is 2. The van der Waals surface area contributed by atoms with E-state index in [4.69, 9.17) is 23.7 Å². The van der Waals surface area contributed by atoms with Crippen LogP contribution in [0.3, 0.4) is 0 Å². The maximum Gasteiger partial charge on any atom is 0.416 e. The molecule has 2 fully saturated rings. The number of benzene rings is 2. The molecule has 4 amide bonds. The number of nitrogens with zero attached hydrogens (tertiary/aromatic N) is 4. The van der Waals surface area contributed by atoms with Gasteiger partial charge in [0.2, 0.25) is 5.91 Å². The minimum absolute atomic E-state index is 0.0525. The number of nitrogens with one attached hydrogen (secondary N) is 2. The average Bonchev–Trinajstić information content (AvgIpc) is 3.83. The maximum atomic E-state index is 14.2. The van der Waals surface area contributed by atoms with Crippen LogP contribution in [0, 0.1) is 0 Å². The number of carboxylic acids is 1. The van der Waals surface area contributed by atoms with Gasteiger partial charge in [-0.1, -0.05) is 24.8 Å². The van der Waals surface area contributed by atoms with Crippen LogP contribution in [-0.4, -0.2) is 101 Å². The summed E-state index contributed by atoms with van der Waals surface area (Å²) in [7, 11) is 4.82. The van der Waals surface area contributed by atoms with E-state index < -0.39 is 30.6 Å². The molecule has 17 heteroatoms. The fraction of sp³-hybridized carbons (Fsp3) is 0.400. The Morgan fingerprint density at radius 3 is 2.39 bits per heavy atom. The van der Waals surface area contributed by atoms with Crippen molar-refractivity contribution >= 4 is 46.8 Å². The Hall–Kier alpha value is -6.59. The third-order valence-corrected chi connectivity index (χ3v) is 11.1. The van der Waals surface area contributed by atoms with E-state index in [-0.39, 0.29) is 65.8 Å². The largest absolute Gasteiger partial charge is 0.493 e. The van der Waals surface area contributed by atoms with Crippen LogP contribution in [-0.2, 0) is 33.1 Å². The standard InChI is InChI=1S/C45H52N6O11/c1-5-19-61-45(57)51-34-25-38(37(58-4)24-32(34)42(54)50-18-8-6-11-33(50)43(51)62-40-13-7-9-20-60-40)59-21-10-12-39(52)46-31-23-35(49(3)27-31)41(53)47-30-16-14-28(15-17-30)29-22-36(44(55)56)48(2)26-29/h5,14-17,22-27,33,40,43H,1,6-13,18-21H2,2-4H3,(H,46,52)(H,47,53)(H,55,56)/t33-,40?,43?/m0/s1. The summed E-state index contributed by atoms with van der Waals surface area (Å²) in [6.07, 6.45) is 7.79. The highest BCUT2D eigenvalue weighted by Gasteiger charge is 2.47. The summed E-state index contributed by atoms with van der Waals surface area (Å²) in [6, 6.07) is 12.9. The van der Waals surface area contributed by atoms with Crippen LogP contribution in [0.2, 0.25) is 0 Å². The molecule has 4 aromatic rings. The molecule has 3 atom stereocenters. The smallest absolute Gasteiger partial charge is 0.416 e. The van der Waals surface area contributed by atoms with Crippen molar-refractivity contribution in [3.63, 3.8) is 0 Å². The molecular formula is C45H52N6O11. The monoisotopic (exact) mass is 852 g/mol. The Labute approximate surface area is 359 Å². The van der Waals surface area contributed by atoms with Crippen LogP contribution in [0.4, 0.5) is 21.9 Å². The van der Waals surface area contributed by atoms with Gasteiger partial charge in [-0.05, 0) is 80.8 Å². The molecule has 3 aliphatic heterocycles. The van der Waals surface area contributed by atoms with E-state index in [9.17, 15) is 29.1 Å². The quantitative estimate of drug-likeness (QED) is 0.0843. The van der Waals surface area contributed by atoms with Gasteiger partial charge in [0.25, 0.3) is 11.8 Å². The zero-order valence-corrected chi connectivity index (χ0v) is 35.1. The number of aryl methyl sites for hydroxylation is 2. The number of anilines is 3. The molecule has 0 radical (unpaired) electrons. The fourth-order valence-corrected chi connectivity index (χ4v) is 8.06. The highest BCUT2D eigenvalue weighted by molar-refractivity contribution is 6.06. The first-order valence-electron chi connectivity index (χ1n) is 20.7. The molecule has 328 valence electrons. The number of methoxy groups -OCH3 is 1. The molecule has 0 spiro atoms. The van der Waals surface area contributed by atoms with Gasteiger partial charge in [0.15, 0.2) is 24.0 Å². The van der Waals surface area contributed by atoms with Crippen LogP contribution >= 0.6 is 0 Å². The second kappa shape index (κ2) is 19.4. The average molecular weight is 853 g/mol. The van der Waals surface area contributed by atoms with Gasteiger partial charge in [0, 0.05) is 63.4 Å². The van der Waals surface area contributed by atoms with E-state index in [1.54, 1.807) is 84.5 Å². The number of hydrogen-bond acceptors (Lipinski definition) is 10. The number of carbonyl (C=O) groups excluding carboxylic acids is 4. The van der Waals surface area contributed by atoms with Crippen LogP contribution in [0.5, 0.6) is 11.5 Å². The summed E-state index contributed by atoms with van der Waals surface area (Å²) in [6.45, 7) is 4.75. The highest BCUT2D eigenvalue weighted by atomic mass is 16.7. The predicted molar refractivity (Wildman–Crippen MR) is 229 cm³/mol. The number of carboxylic acid groups (broad SMARTS) is 1. The van der Waals surface area contributed by atoms with Crippen LogP contribution < -0.4 is 25.0 Å². The van der Waals surface area contributed by atoms with Crippen molar-refractivity contribution in [1.82, 2.24) is 14.0 Å². The molecular weight excluding hydrogens is 801 g/mol. The van der Waals surface area contributed by atoms with Gasteiger partial charge in [-0.15, -0.1) is 0 Å². The van der Waals surface area contributed by atoms with Gasteiger partial charge in [-0.3, -0.25) is 14.4 Å². The zero-order chi connectivity index (χ0) is 43.9. The van der Waals surface area contributed by atoms with Crippen molar-refractivity contribution in [3.8, 4) is 22.6 Å². The number of ether oxygens (including phenoxy) is 5. The SMILES string of the molecule is C=CCOC(=O)N1c2cc(OCCCC(=O)Nc3cc(C(=O)Nc4ccc(-c5cc(C(=O)O)n(C)c5)cc4)n(C)c3)c(OC)cc2C(=O)N2CCCC[C@H]2C1OC1CCCCO1. The molecule has 0 aliphatic carbocycles. The number of carbonyl (C=O) groups is 5. The molecule has 2 unspecified atom stereocenters. The lowest BCUT2D eigenvalue weighted by atomic mass is 10.00. The minimum Gasteiger partial charge on any atom is -0.493 e. The van der Waals surface area contributed by atoms with Crippen molar-refractivity contribution in [2.45, 2.75) is 69.9 Å². The van der Waals surface area contributed by atoms with E-state index in [2.05, 4.69) is 17.2 Å². The van der Waals surface area contributed by atoms with Gasteiger partial charge < -0.3 is 53.5 Å². The lowest BCUT2D eigenvalue weighted by Gasteiger charge is -2.42. The third kappa shape index (κ3) is 9.63. The summed E-state index contributed by atoms with van der Waals surface area (Å²) in [5, 5.41) is 15.1. The normalized spacial score (nSPS) is 18.5. The molecule has 0 saturated carbocycles. The molecule has 7 rings (SSSR count). The van der Waals surface area contributed by atoms with Gasteiger partial charge in [-0.2, -0.15) is 0 Å². The molecule has 3 aliphatic rings. The summed E-state index contributed by atoms with van der Waals surface area (Å²) in [4.78, 5) is 69.0. The number of rotatable bonds is 15. The summed E-state index contributed by atoms with van der Waals surface area (Å²) in [5.74, 6) is -1.43. The molecule has 2 aromatic carbocycles. The van der Waals surface area contributed by atoms with E-state index in [1.165, 1.54) is 22.7 Å². The van der Waals surface area contributed by atoms with Gasteiger partial charge in [0.05, 0.1) is 36.7 Å². The minimum atomic E-state index is -1.02. The molecule has 3 N–H and O–H groups in total.